The number of amides is 1. The lowest BCUT2D eigenvalue weighted by Crippen LogP contribution is -2.15. The zero-order chi connectivity index (χ0) is 21.5. The largest absolute Gasteiger partial charge is 0.496 e. The lowest BCUT2D eigenvalue weighted by molar-refractivity contribution is -0.384. The zero-order valence-corrected chi connectivity index (χ0v) is 17.1. The molecule has 0 saturated carbocycles. The highest BCUT2D eigenvalue weighted by atomic mass is 32.2. The minimum Gasteiger partial charge on any atom is -0.496 e. The summed E-state index contributed by atoms with van der Waals surface area (Å²) in [5.74, 6) is 1.09. The third kappa shape index (κ3) is 5.06. The first kappa shape index (κ1) is 21.1. The van der Waals surface area contributed by atoms with Crippen LogP contribution in [0.4, 0.5) is 11.4 Å². The monoisotopic (exact) mass is 429 g/mol. The molecule has 11 heteroatoms. The third-order valence-electron chi connectivity index (χ3n) is 3.91. The van der Waals surface area contributed by atoms with Crippen LogP contribution in [-0.4, -0.2) is 45.5 Å². The first-order valence-electron chi connectivity index (χ1n) is 8.91. The highest BCUT2D eigenvalue weighted by Gasteiger charge is 2.18. The standard InChI is InChI=1S/C19H19N5O5S/c1-3-29-16-7-5-4-6-13(16)18-21-19(23-22-18)30-11-17(25)20-14-9-8-12(28-2)10-15(14)24(26)27/h4-10H,3,11H2,1-2H3,(H,20,25)(H,21,22,23). The van der Waals surface area contributed by atoms with Crippen molar-refractivity contribution >= 4 is 29.0 Å². The van der Waals surface area contributed by atoms with Crippen molar-refractivity contribution in [3.8, 4) is 22.9 Å². The summed E-state index contributed by atoms with van der Waals surface area (Å²) in [6, 6.07) is 11.6. The molecule has 0 atom stereocenters. The zero-order valence-electron chi connectivity index (χ0n) is 16.2. The first-order chi connectivity index (χ1) is 14.5. The van der Waals surface area contributed by atoms with Crippen LogP contribution in [-0.2, 0) is 4.79 Å². The Hall–Kier alpha value is -3.60. The van der Waals surface area contributed by atoms with Gasteiger partial charge in [0.15, 0.2) is 5.82 Å². The number of methoxy groups -OCH3 is 1. The Morgan fingerprint density at radius 3 is 2.83 bits per heavy atom. The minimum atomic E-state index is -0.581. The van der Waals surface area contributed by atoms with E-state index in [1.54, 1.807) is 0 Å². The number of nitro groups is 1. The maximum Gasteiger partial charge on any atom is 0.296 e. The number of nitrogens with one attached hydrogen (secondary N) is 2. The van der Waals surface area contributed by atoms with E-state index in [4.69, 9.17) is 9.47 Å². The van der Waals surface area contributed by atoms with E-state index in [9.17, 15) is 14.9 Å². The van der Waals surface area contributed by atoms with Crippen LogP contribution in [0.2, 0.25) is 0 Å². The number of rotatable bonds is 9. The molecule has 156 valence electrons. The Kier molecular flexibility index (Phi) is 6.86. The van der Waals surface area contributed by atoms with Gasteiger partial charge < -0.3 is 14.8 Å². The number of H-pyrrole nitrogens is 1. The average Bonchev–Trinajstić information content (AvgIpc) is 3.22. The number of aromatic amines is 1. The third-order valence-corrected chi connectivity index (χ3v) is 4.76. The van der Waals surface area contributed by atoms with Crippen molar-refractivity contribution in [2.45, 2.75) is 12.1 Å². The number of hydrogen-bond donors (Lipinski definition) is 2. The van der Waals surface area contributed by atoms with E-state index in [1.165, 1.54) is 25.3 Å². The lowest BCUT2D eigenvalue weighted by Gasteiger charge is -2.07. The summed E-state index contributed by atoms with van der Waals surface area (Å²) < 4.78 is 10.6. The fourth-order valence-corrected chi connectivity index (χ4v) is 3.19. The average molecular weight is 429 g/mol. The highest BCUT2D eigenvalue weighted by molar-refractivity contribution is 7.99. The molecular formula is C19H19N5O5S. The quantitative estimate of drug-likeness (QED) is 0.300. The van der Waals surface area contributed by atoms with Crippen LogP contribution in [0, 0.1) is 10.1 Å². The summed E-state index contributed by atoms with van der Waals surface area (Å²) in [7, 11) is 1.41. The van der Waals surface area contributed by atoms with Crippen molar-refractivity contribution in [3.05, 3.63) is 52.6 Å². The van der Waals surface area contributed by atoms with E-state index >= 15 is 0 Å². The Bertz CT molecular complexity index is 1060. The first-order valence-corrected chi connectivity index (χ1v) is 9.90. The molecular weight excluding hydrogens is 410 g/mol. The number of carbonyl (C=O) groups is 1. The van der Waals surface area contributed by atoms with Gasteiger partial charge in [-0.25, -0.2) is 4.98 Å². The van der Waals surface area contributed by atoms with Crippen LogP contribution in [0.5, 0.6) is 11.5 Å². The molecule has 2 N–H and O–H groups in total. The van der Waals surface area contributed by atoms with E-state index in [1.807, 2.05) is 31.2 Å². The number of benzene rings is 2. The van der Waals surface area contributed by atoms with Crippen molar-refractivity contribution in [1.29, 1.82) is 0 Å². The van der Waals surface area contributed by atoms with Crippen LogP contribution in [0.15, 0.2) is 47.6 Å². The van der Waals surface area contributed by atoms with Crippen molar-refractivity contribution in [2.24, 2.45) is 0 Å². The summed E-state index contributed by atoms with van der Waals surface area (Å²) in [5.41, 5.74) is 0.602. The van der Waals surface area contributed by atoms with Gasteiger partial charge >= 0.3 is 0 Å². The topological polar surface area (TPSA) is 132 Å². The molecule has 0 saturated heterocycles. The Morgan fingerprint density at radius 2 is 2.10 bits per heavy atom. The summed E-state index contributed by atoms with van der Waals surface area (Å²) in [6.45, 7) is 2.41. The second-order valence-corrected chi connectivity index (χ2v) is 6.82. The Labute approximate surface area is 176 Å². The van der Waals surface area contributed by atoms with Gasteiger partial charge in [0, 0.05) is 0 Å². The molecule has 3 aromatic rings. The molecule has 2 aromatic carbocycles. The van der Waals surface area contributed by atoms with Gasteiger partial charge in [0.25, 0.3) is 5.69 Å². The van der Waals surface area contributed by atoms with Crippen molar-refractivity contribution in [2.75, 3.05) is 24.8 Å². The van der Waals surface area contributed by atoms with E-state index in [2.05, 4.69) is 20.5 Å². The second kappa shape index (κ2) is 9.74. The van der Waals surface area contributed by atoms with Gasteiger partial charge in [-0.1, -0.05) is 23.9 Å². The van der Waals surface area contributed by atoms with Gasteiger partial charge in [0.1, 0.15) is 17.2 Å². The van der Waals surface area contributed by atoms with Gasteiger partial charge in [-0.3, -0.25) is 20.0 Å². The van der Waals surface area contributed by atoms with Crippen LogP contribution >= 0.6 is 11.8 Å². The predicted octanol–water partition coefficient (Wildman–Crippen LogP) is 3.52. The summed E-state index contributed by atoms with van der Waals surface area (Å²) >= 11 is 1.10. The lowest BCUT2D eigenvalue weighted by atomic mass is 10.2. The number of nitrogens with zero attached hydrogens (tertiary/aromatic N) is 3. The maximum absolute atomic E-state index is 12.3. The Balaban J connectivity index is 1.65. The highest BCUT2D eigenvalue weighted by Crippen LogP contribution is 2.30. The van der Waals surface area contributed by atoms with Crippen molar-refractivity contribution < 1.29 is 19.2 Å². The Morgan fingerprint density at radius 1 is 1.30 bits per heavy atom. The molecule has 0 aliphatic rings. The van der Waals surface area contributed by atoms with Crippen LogP contribution in [0.25, 0.3) is 11.4 Å². The van der Waals surface area contributed by atoms with E-state index in [0.717, 1.165) is 17.3 Å². The van der Waals surface area contributed by atoms with Crippen LogP contribution < -0.4 is 14.8 Å². The van der Waals surface area contributed by atoms with Gasteiger partial charge in [0.2, 0.25) is 11.1 Å². The minimum absolute atomic E-state index is 0.0203. The van der Waals surface area contributed by atoms with E-state index < -0.39 is 10.8 Å². The normalized spacial score (nSPS) is 10.5. The van der Waals surface area contributed by atoms with Gasteiger partial charge in [-0.2, -0.15) is 0 Å². The molecule has 0 unspecified atom stereocenters. The molecule has 3 rings (SSSR count). The fourth-order valence-electron chi connectivity index (χ4n) is 2.59. The number of aromatic nitrogens is 3. The molecule has 1 heterocycles. The summed E-state index contributed by atoms with van der Waals surface area (Å²) in [4.78, 5) is 27.3. The molecule has 0 fully saturated rings. The maximum atomic E-state index is 12.3. The van der Waals surface area contributed by atoms with Gasteiger partial charge in [-0.15, -0.1) is 5.10 Å². The number of carbonyl (C=O) groups excluding carboxylic acids is 1. The summed E-state index contributed by atoms with van der Waals surface area (Å²) in [5, 5.41) is 21.1. The molecule has 0 aliphatic heterocycles. The number of hydrogen-bond acceptors (Lipinski definition) is 8. The number of nitro benzene ring substituents is 1. The molecule has 1 amide bonds. The molecule has 0 spiro atoms. The van der Waals surface area contributed by atoms with Crippen LogP contribution in [0.3, 0.4) is 0 Å². The summed E-state index contributed by atoms with van der Waals surface area (Å²) in [6.07, 6.45) is 0. The van der Waals surface area contributed by atoms with Crippen LogP contribution in [0.1, 0.15) is 6.92 Å². The SMILES string of the molecule is CCOc1ccccc1-c1nc(SCC(=O)Nc2ccc(OC)cc2[N+](=O)[O-])n[nH]1. The molecule has 30 heavy (non-hydrogen) atoms. The smallest absolute Gasteiger partial charge is 0.296 e. The molecule has 10 nitrogen and oxygen atoms in total. The molecule has 0 aliphatic carbocycles. The van der Waals surface area contributed by atoms with E-state index in [-0.39, 0.29) is 17.1 Å². The molecule has 0 radical (unpaired) electrons. The van der Waals surface area contributed by atoms with Gasteiger partial charge in [0.05, 0.1) is 36.0 Å². The fraction of sp³-hybridized carbons (Fsp3) is 0.211. The second-order valence-electron chi connectivity index (χ2n) is 5.87. The number of para-hydroxylation sites is 1. The molecule has 1 aromatic heterocycles. The number of thioether (sulfide) groups is 1. The number of ether oxygens (including phenoxy) is 2. The number of anilines is 1. The van der Waals surface area contributed by atoms with Crippen molar-refractivity contribution in [1.82, 2.24) is 15.2 Å². The predicted molar refractivity (Wildman–Crippen MR) is 112 cm³/mol. The van der Waals surface area contributed by atoms with E-state index in [0.29, 0.717) is 29.1 Å². The molecule has 0 bridgehead atoms. The van der Waals surface area contributed by atoms with Gasteiger partial charge in [-0.05, 0) is 31.2 Å². The van der Waals surface area contributed by atoms with Crippen molar-refractivity contribution in [3.63, 3.8) is 0 Å².